The van der Waals surface area contributed by atoms with Gasteiger partial charge in [0.15, 0.2) is 0 Å². The second kappa shape index (κ2) is 6.10. The van der Waals surface area contributed by atoms with E-state index in [4.69, 9.17) is 9.47 Å². The van der Waals surface area contributed by atoms with Crippen LogP contribution in [0.15, 0.2) is 24.3 Å². The zero-order valence-electron chi connectivity index (χ0n) is 9.51. The minimum atomic E-state index is -0.787. The molecule has 1 aliphatic rings. The third-order valence-corrected chi connectivity index (χ3v) is 2.21. The molecule has 0 aromatic heterocycles. The van der Waals surface area contributed by atoms with Gasteiger partial charge in [0.25, 0.3) is 0 Å². The van der Waals surface area contributed by atoms with Gasteiger partial charge >= 0.3 is 11.9 Å². The van der Waals surface area contributed by atoms with Gasteiger partial charge in [-0.25, -0.2) is 9.59 Å². The average molecular weight is 224 g/mol. The fraction of sp³-hybridized carbons (Fsp3) is 0.500. The number of esters is 2. The Balaban J connectivity index is 2.56. The van der Waals surface area contributed by atoms with E-state index in [0.717, 1.165) is 0 Å². The largest absolute Gasteiger partial charge is 0.447 e. The van der Waals surface area contributed by atoms with Gasteiger partial charge in [0.1, 0.15) is 0 Å². The van der Waals surface area contributed by atoms with Gasteiger partial charge in [0.05, 0.1) is 0 Å². The van der Waals surface area contributed by atoms with Crippen molar-refractivity contribution in [3.05, 3.63) is 24.3 Å². The second-order valence-electron chi connectivity index (χ2n) is 3.46. The Morgan fingerprint density at radius 2 is 1.31 bits per heavy atom. The molecule has 4 heteroatoms. The number of cyclic esters (lactones) is 2. The van der Waals surface area contributed by atoms with Crippen molar-refractivity contribution < 1.29 is 19.1 Å². The van der Waals surface area contributed by atoms with Crippen LogP contribution in [0, 0.1) is 0 Å². The Morgan fingerprint density at radius 3 is 1.62 bits per heavy atom. The first-order valence-electron chi connectivity index (χ1n) is 5.32. The normalized spacial score (nSPS) is 26.1. The number of rotatable bonds is 4. The van der Waals surface area contributed by atoms with Crippen LogP contribution in [-0.4, -0.2) is 24.1 Å². The molecule has 88 valence electrons. The van der Waals surface area contributed by atoms with E-state index in [-0.39, 0.29) is 0 Å². The molecule has 16 heavy (non-hydrogen) atoms. The Kier molecular flexibility index (Phi) is 4.76. The SMILES string of the molecule is CC=CCC1OC(=O)C(CC=CC)OC1=O. The molecule has 0 aromatic rings. The van der Waals surface area contributed by atoms with Gasteiger partial charge in [-0.3, -0.25) is 0 Å². The Hall–Kier alpha value is -1.58. The van der Waals surface area contributed by atoms with Gasteiger partial charge in [0, 0.05) is 12.8 Å². The fourth-order valence-corrected chi connectivity index (χ4v) is 1.34. The summed E-state index contributed by atoms with van der Waals surface area (Å²) in [4.78, 5) is 22.9. The summed E-state index contributed by atoms with van der Waals surface area (Å²) in [5.74, 6) is -0.931. The number of hydrogen-bond donors (Lipinski definition) is 0. The van der Waals surface area contributed by atoms with E-state index in [1.54, 1.807) is 24.3 Å². The van der Waals surface area contributed by atoms with Gasteiger partial charge in [-0.2, -0.15) is 0 Å². The van der Waals surface area contributed by atoms with Gasteiger partial charge in [0.2, 0.25) is 12.2 Å². The van der Waals surface area contributed by atoms with Crippen LogP contribution in [0.5, 0.6) is 0 Å². The maximum atomic E-state index is 11.5. The lowest BCUT2D eigenvalue weighted by molar-refractivity contribution is -0.194. The van der Waals surface area contributed by atoms with Crippen LogP contribution in [0.1, 0.15) is 26.7 Å². The van der Waals surface area contributed by atoms with Gasteiger partial charge in [-0.1, -0.05) is 24.3 Å². The second-order valence-corrected chi connectivity index (χ2v) is 3.46. The van der Waals surface area contributed by atoms with Crippen LogP contribution in [0.25, 0.3) is 0 Å². The first kappa shape index (κ1) is 12.5. The van der Waals surface area contributed by atoms with Crippen LogP contribution < -0.4 is 0 Å². The van der Waals surface area contributed by atoms with E-state index >= 15 is 0 Å². The maximum absolute atomic E-state index is 11.5. The van der Waals surface area contributed by atoms with E-state index < -0.39 is 24.1 Å². The standard InChI is InChI=1S/C12H16O4/c1-3-5-7-9-11(13)16-10(8-6-4-2)12(14)15-9/h3-6,9-10H,7-8H2,1-2H3. The highest BCUT2D eigenvalue weighted by atomic mass is 16.6. The van der Waals surface area contributed by atoms with Crippen molar-refractivity contribution in [2.45, 2.75) is 38.9 Å². The molecule has 0 spiro atoms. The molecule has 2 atom stereocenters. The third kappa shape index (κ3) is 3.22. The monoisotopic (exact) mass is 224 g/mol. The number of allylic oxidation sites excluding steroid dienone is 2. The van der Waals surface area contributed by atoms with Crippen molar-refractivity contribution in [2.24, 2.45) is 0 Å². The zero-order chi connectivity index (χ0) is 12.0. The maximum Gasteiger partial charge on any atom is 0.348 e. The zero-order valence-corrected chi connectivity index (χ0v) is 9.51. The molecule has 1 aliphatic heterocycles. The molecular formula is C12H16O4. The smallest absolute Gasteiger partial charge is 0.348 e. The Morgan fingerprint density at radius 1 is 0.938 bits per heavy atom. The highest BCUT2D eigenvalue weighted by Crippen LogP contribution is 2.16. The predicted molar refractivity (Wildman–Crippen MR) is 58.6 cm³/mol. The molecule has 0 saturated carbocycles. The molecule has 0 bridgehead atoms. The Labute approximate surface area is 94.9 Å². The van der Waals surface area contributed by atoms with E-state index in [1.165, 1.54) is 0 Å². The van der Waals surface area contributed by atoms with Crippen LogP contribution >= 0.6 is 0 Å². The lowest BCUT2D eigenvalue weighted by atomic mass is 10.1. The van der Waals surface area contributed by atoms with Crippen molar-refractivity contribution in [3.8, 4) is 0 Å². The highest BCUT2D eigenvalue weighted by molar-refractivity contribution is 5.87. The van der Waals surface area contributed by atoms with Crippen molar-refractivity contribution in [1.29, 1.82) is 0 Å². The lowest BCUT2D eigenvalue weighted by Crippen LogP contribution is -2.43. The number of hydrogen-bond acceptors (Lipinski definition) is 4. The van der Waals surface area contributed by atoms with E-state index in [1.807, 2.05) is 13.8 Å². The summed E-state index contributed by atoms with van der Waals surface area (Å²) in [6.45, 7) is 3.68. The third-order valence-electron chi connectivity index (χ3n) is 2.21. The molecule has 0 aliphatic carbocycles. The summed E-state index contributed by atoms with van der Waals surface area (Å²) >= 11 is 0. The van der Waals surface area contributed by atoms with E-state index in [9.17, 15) is 9.59 Å². The van der Waals surface area contributed by atoms with Crippen molar-refractivity contribution in [1.82, 2.24) is 0 Å². The quantitative estimate of drug-likeness (QED) is 0.539. The molecule has 0 aromatic carbocycles. The lowest BCUT2D eigenvalue weighted by Gasteiger charge is -2.26. The molecule has 0 amide bonds. The molecule has 1 heterocycles. The summed E-state index contributed by atoms with van der Waals surface area (Å²) in [7, 11) is 0. The van der Waals surface area contributed by atoms with E-state index in [2.05, 4.69) is 0 Å². The molecular weight excluding hydrogens is 208 g/mol. The molecule has 0 N–H and O–H groups in total. The topological polar surface area (TPSA) is 52.6 Å². The first-order chi connectivity index (χ1) is 7.69. The molecule has 4 nitrogen and oxygen atoms in total. The Bertz CT molecular complexity index is 285. The first-order valence-corrected chi connectivity index (χ1v) is 5.32. The fourth-order valence-electron chi connectivity index (χ4n) is 1.34. The number of ether oxygens (including phenoxy) is 2. The van der Waals surface area contributed by atoms with Gasteiger partial charge in [-0.15, -0.1) is 0 Å². The van der Waals surface area contributed by atoms with Gasteiger partial charge < -0.3 is 9.47 Å². The summed E-state index contributed by atoms with van der Waals surface area (Å²) in [6, 6.07) is 0. The molecule has 1 fully saturated rings. The molecule has 2 unspecified atom stereocenters. The van der Waals surface area contributed by atoms with Crippen molar-refractivity contribution in [3.63, 3.8) is 0 Å². The minimum Gasteiger partial charge on any atom is -0.447 e. The summed E-state index contributed by atoms with van der Waals surface area (Å²) in [6.07, 6.45) is 6.31. The molecule has 1 saturated heterocycles. The summed E-state index contributed by atoms with van der Waals surface area (Å²) in [5.41, 5.74) is 0. The number of carbonyl (C=O) groups is 2. The van der Waals surface area contributed by atoms with E-state index in [0.29, 0.717) is 12.8 Å². The molecule has 0 radical (unpaired) electrons. The van der Waals surface area contributed by atoms with Crippen LogP contribution in [0.4, 0.5) is 0 Å². The van der Waals surface area contributed by atoms with Crippen molar-refractivity contribution >= 4 is 11.9 Å². The van der Waals surface area contributed by atoms with Crippen molar-refractivity contribution in [2.75, 3.05) is 0 Å². The average Bonchev–Trinajstić information content (AvgIpc) is 2.28. The molecule has 1 rings (SSSR count). The highest BCUT2D eigenvalue weighted by Gasteiger charge is 2.36. The van der Waals surface area contributed by atoms with Gasteiger partial charge in [-0.05, 0) is 13.8 Å². The minimum absolute atomic E-state index is 0.372. The number of carbonyl (C=O) groups excluding carboxylic acids is 2. The van der Waals surface area contributed by atoms with Crippen LogP contribution in [0.2, 0.25) is 0 Å². The summed E-state index contributed by atoms with van der Waals surface area (Å²) in [5, 5.41) is 0. The predicted octanol–water partition coefficient (Wildman–Crippen LogP) is 1.76. The van der Waals surface area contributed by atoms with Crippen LogP contribution in [-0.2, 0) is 19.1 Å². The summed E-state index contributed by atoms with van der Waals surface area (Å²) < 4.78 is 10.0. The van der Waals surface area contributed by atoms with Crippen LogP contribution in [0.3, 0.4) is 0 Å².